The van der Waals surface area contributed by atoms with E-state index in [1.807, 2.05) is 27.7 Å². The van der Waals surface area contributed by atoms with E-state index in [0.29, 0.717) is 12.8 Å². The fourth-order valence-electron chi connectivity index (χ4n) is 2.79. The van der Waals surface area contributed by atoms with Gasteiger partial charge in [0.05, 0.1) is 13.2 Å². The molecule has 1 saturated heterocycles. The van der Waals surface area contributed by atoms with E-state index in [1.54, 1.807) is 0 Å². The van der Waals surface area contributed by atoms with Crippen LogP contribution in [0.1, 0.15) is 67.2 Å². The Morgan fingerprint density at radius 1 is 1.12 bits per heavy atom. The smallest absolute Gasteiger partial charge is 0.385 e. The van der Waals surface area contributed by atoms with E-state index in [4.69, 9.17) is 13.6 Å². The molecule has 0 aliphatic carbocycles. The van der Waals surface area contributed by atoms with Crippen molar-refractivity contribution in [3.8, 4) is 0 Å². The molecule has 0 aromatic rings. The molecule has 0 bridgehead atoms. The highest BCUT2D eigenvalue weighted by atomic mass is 31.2. The summed E-state index contributed by atoms with van der Waals surface area (Å²) in [6.45, 7) is 10.8. The summed E-state index contributed by atoms with van der Waals surface area (Å²) in [6.07, 6.45) is 1.70. The Kier molecular flexibility index (Phi) is 7.94. The zero-order valence-corrected chi connectivity index (χ0v) is 18.0. The highest BCUT2D eigenvalue weighted by Crippen LogP contribution is 2.71. The zero-order chi connectivity index (χ0) is 19.5. The fourth-order valence-corrected chi connectivity index (χ4v) is 8.46. The lowest BCUT2D eigenvalue weighted by atomic mass is 9.97. The normalized spacial score (nSPS) is 25.1. The number of phosphoric ester groups is 1. The van der Waals surface area contributed by atoms with Crippen molar-refractivity contribution in [1.82, 2.24) is 0 Å². The van der Waals surface area contributed by atoms with Crippen LogP contribution in [0.3, 0.4) is 0 Å². The van der Waals surface area contributed by atoms with Crippen LogP contribution in [0.2, 0.25) is 0 Å². The van der Waals surface area contributed by atoms with Gasteiger partial charge in [-0.15, -0.1) is 0 Å². The maximum atomic E-state index is 13.7. The van der Waals surface area contributed by atoms with Crippen LogP contribution in [-0.4, -0.2) is 40.5 Å². The molecule has 1 fully saturated rings. The predicted molar refractivity (Wildman–Crippen MR) is 97.9 cm³/mol. The summed E-state index contributed by atoms with van der Waals surface area (Å²) in [4.78, 5) is 0. The predicted octanol–water partition coefficient (Wildman–Crippen LogP) is 4.52. The van der Waals surface area contributed by atoms with Crippen LogP contribution in [0.5, 0.6) is 0 Å². The second kappa shape index (κ2) is 8.52. The van der Waals surface area contributed by atoms with Crippen molar-refractivity contribution >= 4 is 15.0 Å². The van der Waals surface area contributed by atoms with E-state index in [0.717, 1.165) is 0 Å². The second-order valence-corrected chi connectivity index (χ2v) is 13.2. The Hall–Kier alpha value is 0.260. The summed E-state index contributed by atoms with van der Waals surface area (Å²) in [5.41, 5.74) is -0.297. The van der Waals surface area contributed by atoms with Crippen molar-refractivity contribution in [3.05, 3.63) is 0 Å². The Bertz CT molecular complexity index is 503. The molecule has 0 spiro atoms. The van der Waals surface area contributed by atoms with Crippen LogP contribution < -0.4 is 0 Å². The lowest BCUT2D eigenvalue weighted by Crippen LogP contribution is -2.37. The first-order valence-corrected chi connectivity index (χ1v) is 12.2. The van der Waals surface area contributed by atoms with Gasteiger partial charge in [-0.2, -0.15) is 0 Å². The molecule has 2 unspecified atom stereocenters. The third-order valence-electron chi connectivity index (χ3n) is 4.38. The van der Waals surface area contributed by atoms with Crippen molar-refractivity contribution in [3.63, 3.8) is 0 Å². The van der Waals surface area contributed by atoms with Gasteiger partial charge in [0, 0.05) is 5.41 Å². The Balaban J connectivity index is 3.11. The molecule has 7 nitrogen and oxygen atoms in total. The van der Waals surface area contributed by atoms with Crippen LogP contribution in [-0.2, 0) is 22.7 Å². The van der Waals surface area contributed by atoms with Gasteiger partial charge in [-0.3, -0.25) is 13.6 Å². The summed E-state index contributed by atoms with van der Waals surface area (Å²) in [5.74, 6) is -2.50. The van der Waals surface area contributed by atoms with E-state index in [2.05, 4.69) is 0 Å². The second-order valence-electron chi connectivity index (χ2n) is 7.94. The van der Waals surface area contributed by atoms with Crippen molar-refractivity contribution in [2.24, 2.45) is 5.41 Å². The molecule has 2 atom stereocenters. The standard InChI is InChI=1S/C16H34O7P2/c1-7-9-13(17)24(19,14(18)10-8-2)16(5,6)23-25(20)21-11-15(3,4)12-22-25/h13-14,17-18H,7-12H2,1-6H3. The number of hydrogen-bond donors (Lipinski definition) is 2. The first-order chi connectivity index (χ1) is 11.3. The van der Waals surface area contributed by atoms with Gasteiger partial charge < -0.3 is 14.8 Å². The molecule has 2 N–H and O–H groups in total. The van der Waals surface area contributed by atoms with Gasteiger partial charge in [-0.25, -0.2) is 4.57 Å². The lowest BCUT2D eigenvalue weighted by Gasteiger charge is -2.42. The van der Waals surface area contributed by atoms with Gasteiger partial charge in [-0.1, -0.05) is 40.5 Å². The third-order valence-corrected chi connectivity index (χ3v) is 10.2. The summed E-state index contributed by atoms with van der Waals surface area (Å²) < 4.78 is 42.7. The first kappa shape index (κ1) is 23.3. The van der Waals surface area contributed by atoms with E-state index < -0.39 is 32.0 Å². The molecule has 1 aliphatic rings. The minimum absolute atomic E-state index is 0.180. The summed E-state index contributed by atoms with van der Waals surface area (Å²) in [6, 6.07) is 0. The third kappa shape index (κ3) is 5.38. The average Bonchev–Trinajstić information content (AvgIpc) is 2.49. The lowest BCUT2D eigenvalue weighted by molar-refractivity contribution is -0.0162. The molecule has 0 aromatic carbocycles. The number of phosphoric acid groups is 1. The maximum absolute atomic E-state index is 13.7. The minimum Gasteiger partial charge on any atom is -0.385 e. The van der Waals surface area contributed by atoms with Gasteiger partial charge in [0.1, 0.15) is 17.0 Å². The molecule has 0 amide bonds. The molecule has 25 heavy (non-hydrogen) atoms. The molecule has 0 saturated carbocycles. The Labute approximate surface area is 151 Å². The van der Waals surface area contributed by atoms with Crippen LogP contribution >= 0.6 is 15.0 Å². The monoisotopic (exact) mass is 400 g/mol. The van der Waals surface area contributed by atoms with Crippen LogP contribution in [0.4, 0.5) is 0 Å². The number of aliphatic hydroxyl groups excluding tert-OH is 2. The van der Waals surface area contributed by atoms with Crippen molar-refractivity contribution < 1.29 is 32.9 Å². The van der Waals surface area contributed by atoms with Crippen LogP contribution in [0.25, 0.3) is 0 Å². The summed E-state index contributed by atoms with van der Waals surface area (Å²) in [5, 5.41) is 19.5. The molecule has 9 heteroatoms. The van der Waals surface area contributed by atoms with E-state index >= 15 is 0 Å². The summed E-state index contributed by atoms with van der Waals surface area (Å²) >= 11 is 0. The van der Waals surface area contributed by atoms with Gasteiger partial charge in [-0.05, 0) is 26.7 Å². The van der Waals surface area contributed by atoms with Gasteiger partial charge in [0.2, 0.25) is 0 Å². The molecule has 1 aliphatic heterocycles. The van der Waals surface area contributed by atoms with Crippen molar-refractivity contribution in [2.75, 3.05) is 13.2 Å². The largest absolute Gasteiger partial charge is 0.475 e. The Morgan fingerprint density at radius 3 is 1.88 bits per heavy atom. The van der Waals surface area contributed by atoms with E-state index in [1.165, 1.54) is 13.8 Å². The molecule has 0 aromatic heterocycles. The van der Waals surface area contributed by atoms with Gasteiger partial charge in [0.15, 0.2) is 7.14 Å². The number of aliphatic hydroxyl groups is 2. The maximum Gasteiger partial charge on any atom is 0.475 e. The van der Waals surface area contributed by atoms with Crippen LogP contribution in [0, 0.1) is 5.41 Å². The fraction of sp³-hybridized carbons (Fsp3) is 1.00. The Morgan fingerprint density at radius 2 is 1.52 bits per heavy atom. The van der Waals surface area contributed by atoms with Crippen molar-refractivity contribution in [1.29, 1.82) is 0 Å². The van der Waals surface area contributed by atoms with E-state index in [-0.39, 0.29) is 31.5 Å². The molecular formula is C16H34O7P2. The van der Waals surface area contributed by atoms with Gasteiger partial charge in [0.25, 0.3) is 0 Å². The molecule has 150 valence electrons. The highest BCUT2D eigenvalue weighted by molar-refractivity contribution is 7.66. The average molecular weight is 400 g/mol. The highest BCUT2D eigenvalue weighted by Gasteiger charge is 2.55. The summed E-state index contributed by atoms with van der Waals surface area (Å²) in [7, 11) is -7.65. The number of rotatable bonds is 9. The SMILES string of the molecule is CCCC(O)P(=O)(C(O)CCC)C(C)(C)OP1(=O)OCC(C)(C)CO1. The quantitative estimate of drug-likeness (QED) is 0.549. The first-order valence-electron chi connectivity index (χ1n) is 8.89. The molecule has 1 heterocycles. The van der Waals surface area contributed by atoms with Gasteiger partial charge >= 0.3 is 7.82 Å². The zero-order valence-electron chi connectivity index (χ0n) is 16.2. The molecule has 0 radical (unpaired) electrons. The molecule has 1 rings (SSSR count). The minimum atomic E-state index is -3.92. The van der Waals surface area contributed by atoms with E-state index in [9.17, 15) is 19.3 Å². The van der Waals surface area contributed by atoms with Crippen molar-refractivity contribution in [2.45, 2.75) is 84.3 Å². The topological polar surface area (TPSA) is 102 Å². The number of hydrogen-bond acceptors (Lipinski definition) is 7. The molecular weight excluding hydrogens is 366 g/mol. The van der Waals surface area contributed by atoms with Crippen LogP contribution in [0.15, 0.2) is 0 Å².